The molecule has 9 rings (SSSR count). The van der Waals surface area contributed by atoms with E-state index in [4.69, 9.17) is 14.1 Å². The summed E-state index contributed by atoms with van der Waals surface area (Å²) in [5, 5.41) is 6.06. The van der Waals surface area contributed by atoms with Gasteiger partial charge in [-0.1, -0.05) is 78.9 Å². The Labute approximate surface area is 283 Å². The van der Waals surface area contributed by atoms with E-state index in [0.29, 0.717) is 5.58 Å². The third kappa shape index (κ3) is 4.52. The maximum atomic E-state index is 6.66. The van der Waals surface area contributed by atoms with E-state index in [1.165, 1.54) is 36.5 Å². The summed E-state index contributed by atoms with van der Waals surface area (Å²) in [5.74, 6) is 0. The van der Waals surface area contributed by atoms with Gasteiger partial charge in [0.15, 0.2) is 5.58 Å². The molecule has 6 heteroatoms. The van der Waals surface area contributed by atoms with Gasteiger partial charge in [0.05, 0.1) is 11.1 Å². The Hall–Kier alpha value is -5.14. The van der Waals surface area contributed by atoms with Crippen LogP contribution < -0.4 is 10.1 Å². The van der Waals surface area contributed by atoms with Gasteiger partial charge in [-0.25, -0.2) is 9.68 Å². The monoisotopic (exact) mass is 646 g/mol. The second kappa shape index (κ2) is 10.7. The standard InChI is InChI=1S/C42H34N2O3S/c1-41(2)42(3,4)47-44(46-41)35-17-10-15-32-39-34(16-11-18-36(39)45-40(32)35)43(29-22-20-28(21-23-29)27-12-6-5-7-13-27)30-24-25-38-33(26-30)31-14-8-9-19-37(31)48-38/h5-26H,1-4H3. The van der Waals surface area contributed by atoms with E-state index in [-0.39, 0.29) is 0 Å². The Kier molecular flexibility index (Phi) is 6.47. The van der Waals surface area contributed by atoms with Gasteiger partial charge >= 0.3 is 0 Å². The summed E-state index contributed by atoms with van der Waals surface area (Å²) in [4.78, 5) is 15.0. The molecular weight excluding hydrogens is 613 g/mol. The summed E-state index contributed by atoms with van der Waals surface area (Å²) in [7, 11) is 0. The number of hydrogen-bond acceptors (Lipinski definition) is 6. The number of fused-ring (bicyclic) bond motifs is 6. The van der Waals surface area contributed by atoms with Crippen molar-refractivity contribution in [2.24, 2.45) is 0 Å². The smallest absolute Gasteiger partial charge is 0.163 e. The van der Waals surface area contributed by atoms with Gasteiger partial charge in [-0.2, -0.15) is 0 Å². The maximum absolute atomic E-state index is 6.66. The molecule has 236 valence electrons. The first-order valence-electron chi connectivity index (χ1n) is 16.3. The van der Waals surface area contributed by atoms with Crippen LogP contribution in [0.4, 0.5) is 22.7 Å². The molecule has 1 saturated heterocycles. The Bertz CT molecular complexity index is 2460. The third-order valence-corrected chi connectivity index (χ3v) is 11.0. The van der Waals surface area contributed by atoms with Crippen molar-refractivity contribution < 1.29 is 14.1 Å². The zero-order chi connectivity index (χ0) is 32.6. The third-order valence-electron chi connectivity index (χ3n) is 9.84. The Morgan fingerprint density at radius 3 is 2.00 bits per heavy atom. The van der Waals surface area contributed by atoms with Crippen molar-refractivity contribution in [3.63, 3.8) is 0 Å². The van der Waals surface area contributed by atoms with Crippen LogP contribution in [0, 0.1) is 0 Å². The first-order chi connectivity index (χ1) is 23.3. The molecular formula is C42H34N2O3S. The molecule has 0 atom stereocenters. The molecule has 1 fully saturated rings. The van der Waals surface area contributed by atoms with Gasteiger partial charge in [-0.15, -0.1) is 16.6 Å². The van der Waals surface area contributed by atoms with Crippen LogP contribution in [0.5, 0.6) is 0 Å². The van der Waals surface area contributed by atoms with Crippen LogP contribution in [0.3, 0.4) is 0 Å². The molecule has 0 radical (unpaired) electrons. The minimum atomic E-state index is -0.528. The summed E-state index contributed by atoms with van der Waals surface area (Å²) in [6.45, 7) is 8.16. The van der Waals surface area contributed by atoms with Gasteiger partial charge in [-0.05, 0) is 93.4 Å². The lowest BCUT2D eigenvalue weighted by Gasteiger charge is -2.26. The molecule has 8 aromatic rings. The minimum absolute atomic E-state index is 0.528. The number of benzene rings is 6. The highest BCUT2D eigenvalue weighted by molar-refractivity contribution is 7.25. The van der Waals surface area contributed by atoms with Crippen LogP contribution in [0.2, 0.25) is 0 Å². The topological polar surface area (TPSA) is 38.1 Å². The van der Waals surface area contributed by atoms with Crippen molar-refractivity contribution in [1.29, 1.82) is 0 Å². The lowest BCUT2D eigenvalue weighted by molar-refractivity contribution is -0.0269. The first kappa shape index (κ1) is 29.0. The zero-order valence-electron chi connectivity index (χ0n) is 27.2. The van der Waals surface area contributed by atoms with Gasteiger partial charge in [0, 0.05) is 36.9 Å². The van der Waals surface area contributed by atoms with Crippen molar-refractivity contribution in [3.05, 3.63) is 133 Å². The number of anilines is 4. The number of nitrogens with zero attached hydrogens (tertiary/aromatic N) is 2. The average Bonchev–Trinajstić information content (AvgIpc) is 3.73. The second-order valence-electron chi connectivity index (χ2n) is 13.4. The fourth-order valence-corrected chi connectivity index (χ4v) is 7.70. The number of para-hydroxylation sites is 1. The second-order valence-corrected chi connectivity index (χ2v) is 14.5. The van der Waals surface area contributed by atoms with Gasteiger partial charge < -0.3 is 9.32 Å². The van der Waals surface area contributed by atoms with Crippen LogP contribution in [0.1, 0.15) is 27.7 Å². The molecule has 6 aromatic carbocycles. The van der Waals surface area contributed by atoms with Gasteiger partial charge in [0.1, 0.15) is 22.5 Å². The molecule has 0 unspecified atom stereocenters. The van der Waals surface area contributed by atoms with Crippen LogP contribution in [0.15, 0.2) is 138 Å². The fourth-order valence-electron chi connectivity index (χ4n) is 6.61. The summed E-state index contributed by atoms with van der Waals surface area (Å²) in [5.41, 5.74) is 6.71. The van der Waals surface area contributed by atoms with E-state index in [9.17, 15) is 0 Å². The molecule has 1 aliphatic rings. The van der Waals surface area contributed by atoms with Gasteiger partial charge in [0.2, 0.25) is 0 Å². The summed E-state index contributed by atoms with van der Waals surface area (Å²) in [6, 6.07) is 47.2. The van der Waals surface area contributed by atoms with Crippen LogP contribution in [-0.2, 0) is 9.68 Å². The lowest BCUT2D eigenvalue weighted by Crippen LogP contribution is -2.41. The molecule has 5 nitrogen and oxygen atoms in total. The molecule has 2 aromatic heterocycles. The van der Waals surface area contributed by atoms with Gasteiger partial charge in [-0.3, -0.25) is 0 Å². The summed E-state index contributed by atoms with van der Waals surface area (Å²) >= 11 is 1.83. The fraction of sp³-hybridized carbons (Fsp3) is 0.143. The number of furan rings is 1. The highest BCUT2D eigenvalue weighted by atomic mass is 32.1. The quantitative estimate of drug-likeness (QED) is 0.186. The van der Waals surface area contributed by atoms with Crippen molar-refractivity contribution >= 4 is 76.2 Å². The number of rotatable bonds is 5. The highest BCUT2D eigenvalue weighted by Crippen LogP contribution is 2.48. The Balaban J connectivity index is 1.25. The van der Waals surface area contributed by atoms with E-state index in [2.05, 4.69) is 120 Å². The number of thiophene rings is 1. The minimum Gasteiger partial charge on any atom is -0.454 e. The highest BCUT2D eigenvalue weighted by Gasteiger charge is 2.50. The van der Waals surface area contributed by atoms with E-state index in [1.54, 1.807) is 0 Å². The Morgan fingerprint density at radius 1 is 0.562 bits per heavy atom. The van der Waals surface area contributed by atoms with Crippen LogP contribution in [0.25, 0.3) is 53.2 Å². The van der Waals surface area contributed by atoms with E-state index in [0.717, 1.165) is 39.1 Å². The largest absolute Gasteiger partial charge is 0.454 e. The lowest BCUT2D eigenvalue weighted by atomic mass is 9.90. The molecule has 1 aliphatic heterocycles. The van der Waals surface area contributed by atoms with Crippen molar-refractivity contribution in [2.75, 3.05) is 10.1 Å². The van der Waals surface area contributed by atoms with Gasteiger partial charge in [0.25, 0.3) is 0 Å². The van der Waals surface area contributed by atoms with Crippen LogP contribution >= 0.6 is 11.3 Å². The van der Waals surface area contributed by atoms with Crippen molar-refractivity contribution in [3.8, 4) is 11.1 Å². The van der Waals surface area contributed by atoms with E-state index >= 15 is 0 Å². The van der Waals surface area contributed by atoms with Crippen molar-refractivity contribution in [1.82, 2.24) is 0 Å². The first-order valence-corrected chi connectivity index (χ1v) is 17.1. The zero-order valence-corrected chi connectivity index (χ0v) is 28.0. The Morgan fingerprint density at radius 2 is 1.21 bits per heavy atom. The average molecular weight is 647 g/mol. The normalized spacial score (nSPS) is 15.6. The SMILES string of the molecule is CC1(C)ON(c2cccc3c2oc2cccc(N(c4ccc(-c5ccccc5)cc4)c4ccc5sc6ccccc6c5c4)c23)OC1(C)C. The maximum Gasteiger partial charge on any atom is 0.163 e. The molecule has 0 aliphatic carbocycles. The number of hydrogen-bond donors (Lipinski definition) is 0. The summed E-state index contributed by atoms with van der Waals surface area (Å²) < 4.78 is 9.22. The molecule has 0 spiro atoms. The molecule has 0 bridgehead atoms. The predicted octanol–water partition coefficient (Wildman–Crippen LogP) is 12.3. The van der Waals surface area contributed by atoms with E-state index < -0.39 is 11.2 Å². The van der Waals surface area contributed by atoms with E-state index in [1.807, 2.05) is 57.2 Å². The predicted molar refractivity (Wildman–Crippen MR) is 200 cm³/mol. The van der Waals surface area contributed by atoms with Crippen molar-refractivity contribution in [2.45, 2.75) is 38.9 Å². The molecule has 3 heterocycles. The molecule has 48 heavy (non-hydrogen) atoms. The summed E-state index contributed by atoms with van der Waals surface area (Å²) in [6.07, 6.45) is 0. The molecule has 0 N–H and O–H groups in total. The molecule has 0 saturated carbocycles. The van der Waals surface area contributed by atoms with Crippen LogP contribution in [-0.4, -0.2) is 11.2 Å². The molecule has 0 amide bonds.